The van der Waals surface area contributed by atoms with Crippen LogP contribution in [0.4, 0.5) is 4.39 Å². The van der Waals surface area contributed by atoms with Crippen LogP contribution in [-0.2, 0) is 27.7 Å². The first-order chi connectivity index (χ1) is 32.4. The van der Waals surface area contributed by atoms with Crippen LogP contribution in [0.2, 0.25) is 0 Å². The Bertz CT molecular complexity index is 3300. The maximum Gasteiger partial charge on any atom is 0.438 e. The molecule has 4 aromatic heterocycles. The van der Waals surface area contributed by atoms with Crippen LogP contribution >= 0.6 is 7.14 Å². The summed E-state index contributed by atoms with van der Waals surface area (Å²) in [7, 11) is -2.59. The maximum absolute atomic E-state index is 15.6. The van der Waals surface area contributed by atoms with Crippen LogP contribution in [0.25, 0.3) is 28.1 Å². The van der Waals surface area contributed by atoms with E-state index in [0.29, 0.717) is 90.1 Å². The summed E-state index contributed by atoms with van der Waals surface area (Å²) in [5, 5.41) is 11.1. The van der Waals surface area contributed by atoms with Gasteiger partial charge < -0.3 is 18.8 Å². The Kier molecular flexibility index (Phi) is 11.1. The molecule has 1 saturated heterocycles. The number of ether oxygens (including phenoxy) is 1. The molecule has 14 nitrogen and oxygen atoms in total. The zero-order valence-corrected chi connectivity index (χ0v) is 41.2. The van der Waals surface area contributed by atoms with Crippen LogP contribution in [0.15, 0.2) is 81.1 Å². The molecular formula is C52H60FN8O6P. The molecule has 1 N–H and O–H groups in total. The van der Waals surface area contributed by atoms with Crippen molar-refractivity contribution in [2.24, 2.45) is 5.92 Å². The molecule has 0 unspecified atom stereocenters. The summed E-state index contributed by atoms with van der Waals surface area (Å²) in [4.78, 5) is 47.7. The highest BCUT2D eigenvalue weighted by Gasteiger charge is 2.59. The van der Waals surface area contributed by atoms with Crippen LogP contribution in [-0.4, -0.2) is 75.5 Å². The van der Waals surface area contributed by atoms with E-state index < -0.39 is 24.5 Å². The normalized spacial score (nSPS) is 21.4. The van der Waals surface area contributed by atoms with E-state index in [-0.39, 0.29) is 34.9 Å². The summed E-state index contributed by atoms with van der Waals surface area (Å²) in [6.07, 6.45) is 7.97. The molecule has 3 aromatic carbocycles. The van der Waals surface area contributed by atoms with Crippen LogP contribution in [0.1, 0.15) is 130 Å². The summed E-state index contributed by atoms with van der Waals surface area (Å²) in [5.41, 5.74) is 5.47. The average molecular weight is 943 g/mol. The number of aryl methyl sites for hydroxylation is 3. The van der Waals surface area contributed by atoms with Crippen molar-refractivity contribution in [3.63, 3.8) is 0 Å². The highest BCUT2D eigenvalue weighted by Crippen LogP contribution is 2.56. The molecule has 2 fully saturated rings. The number of hydrogen-bond donors (Lipinski definition) is 1. The van der Waals surface area contributed by atoms with Crippen molar-refractivity contribution < 1.29 is 23.0 Å². The first-order valence-electron chi connectivity index (χ1n) is 24.0. The molecule has 6 heterocycles. The van der Waals surface area contributed by atoms with Gasteiger partial charge in [0.2, 0.25) is 0 Å². The van der Waals surface area contributed by atoms with Gasteiger partial charge in [0.25, 0.3) is 5.91 Å². The number of aromatic amines is 1. The van der Waals surface area contributed by atoms with E-state index in [9.17, 15) is 14.2 Å². The van der Waals surface area contributed by atoms with Gasteiger partial charge in [-0.15, -0.1) is 0 Å². The zero-order valence-electron chi connectivity index (χ0n) is 40.4. The predicted molar refractivity (Wildman–Crippen MR) is 261 cm³/mol. The number of carbonyl (C=O) groups is 1. The summed E-state index contributed by atoms with van der Waals surface area (Å²) >= 11 is 0. The molecule has 4 atom stereocenters. The molecule has 1 saturated carbocycles. The molecule has 0 bridgehead atoms. The van der Waals surface area contributed by atoms with E-state index in [0.717, 1.165) is 40.3 Å². The Morgan fingerprint density at radius 1 is 0.941 bits per heavy atom. The second-order valence-corrected chi connectivity index (χ2v) is 23.4. The van der Waals surface area contributed by atoms with Crippen molar-refractivity contribution >= 4 is 29.3 Å². The topological polar surface area (TPSA) is 155 Å². The van der Waals surface area contributed by atoms with Gasteiger partial charge in [0.05, 0.1) is 28.7 Å². The van der Waals surface area contributed by atoms with E-state index in [1.807, 2.05) is 56.9 Å². The lowest BCUT2D eigenvalue weighted by atomic mass is 9.83. The minimum absolute atomic E-state index is 0.0162. The van der Waals surface area contributed by atoms with E-state index in [2.05, 4.69) is 53.7 Å². The number of rotatable bonds is 11. The van der Waals surface area contributed by atoms with Gasteiger partial charge in [0.15, 0.2) is 5.82 Å². The van der Waals surface area contributed by atoms with Crippen molar-refractivity contribution in [3.8, 4) is 17.2 Å². The third-order valence-electron chi connectivity index (χ3n) is 15.3. The Morgan fingerprint density at radius 2 is 1.66 bits per heavy atom. The van der Waals surface area contributed by atoms with Crippen molar-refractivity contribution in [2.45, 2.75) is 118 Å². The van der Waals surface area contributed by atoms with Gasteiger partial charge in [-0.05, 0) is 143 Å². The second kappa shape index (κ2) is 16.6. The quantitative estimate of drug-likeness (QED) is 0.126. The third-order valence-corrected chi connectivity index (χ3v) is 18.7. The molecule has 10 rings (SSSR count). The molecule has 68 heavy (non-hydrogen) atoms. The van der Waals surface area contributed by atoms with E-state index in [1.54, 1.807) is 52.2 Å². The number of aromatic nitrogens is 7. The van der Waals surface area contributed by atoms with Gasteiger partial charge >= 0.3 is 11.4 Å². The third kappa shape index (κ3) is 7.21. The number of amides is 1. The molecule has 2 aliphatic heterocycles. The molecule has 0 spiro atoms. The van der Waals surface area contributed by atoms with E-state index in [1.165, 1.54) is 5.56 Å². The monoisotopic (exact) mass is 942 g/mol. The number of nitrogens with one attached hydrogen (secondary N) is 1. The van der Waals surface area contributed by atoms with Crippen LogP contribution in [0.5, 0.6) is 0 Å². The Labute approximate surface area is 394 Å². The summed E-state index contributed by atoms with van der Waals surface area (Å²) < 4.78 is 47.2. The van der Waals surface area contributed by atoms with Gasteiger partial charge in [0.1, 0.15) is 30.0 Å². The SMILES string of the molecule is CCc1cc(-n2ccn(-c3c4c(nn3-c3cc(C)c(F)c(C)c3)CCN(C(=O)c3cc5cc([C@@H]6CCOC(C)(C)C6)ccc5n3[C@@]3(c5noc(=O)[nH]5)C[C@@H]3C)[C@H]4C)c2=O)ccc1P(=O)(CC)CC. The smallest absolute Gasteiger partial charge is 0.376 e. The molecule has 3 aliphatic rings. The Balaban J connectivity index is 1.11. The first kappa shape index (κ1) is 45.7. The van der Waals surface area contributed by atoms with Crippen LogP contribution < -0.4 is 16.8 Å². The van der Waals surface area contributed by atoms with Gasteiger partial charge in [-0.25, -0.2) is 18.7 Å². The summed E-state index contributed by atoms with van der Waals surface area (Å²) in [6.45, 7) is 18.7. The standard InChI is InChI=1S/C52H60FN8O6P/c1-10-34-26-38(14-16-43(34)68(65,11-2)12-3)58-20-21-59(50(58)64)46-44-33(7)57(19-17-40(44)55-61(46)39-23-30(4)45(53)31(5)24-39)47(62)42-27-37-25-35(36-18-22-66-51(8,9)29-36)13-15-41(37)60(42)52(28-32(52)6)48-54-49(63)67-56-48/h13-16,20-21,23-27,32-33,36H,10-12,17-19,22,28-29H2,1-9H3,(H,54,56,63)/t32-,33-,36+,52-/m0/s1. The molecule has 1 aliphatic carbocycles. The number of H-pyrrole nitrogens is 1. The highest BCUT2D eigenvalue weighted by molar-refractivity contribution is 7.71. The number of fused-ring (bicyclic) bond motifs is 2. The fraction of sp³-hybridized carbons (Fsp3) is 0.442. The van der Waals surface area contributed by atoms with Gasteiger partial charge in [-0.1, -0.05) is 38.9 Å². The molecule has 1 amide bonds. The minimum atomic E-state index is -2.59. The molecule has 7 aromatic rings. The van der Waals surface area contributed by atoms with Crippen molar-refractivity contribution in [3.05, 3.63) is 139 Å². The molecule has 356 valence electrons. The fourth-order valence-corrected chi connectivity index (χ4v) is 13.6. The lowest BCUT2D eigenvalue weighted by Gasteiger charge is -2.35. The second-order valence-electron chi connectivity index (χ2n) is 19.9. The number of hydrogen-bond acceptors (Lipinski definition) is 8. The van der Waals surface area contributed by atoms with E-state index >= 15 is 9.18 Å². The van der Waals surface area contributed by atoms with Crippen molar-refractivity contribution in [1.29, 1.82) is 0 Å². The maximum atomic E-state index is 15.6. The van der Waals surface area contributed by atoms with Crippen molar-refractivity contribution in [2.75, 3.05) is 25.5 Å². The Morgan fingerprint density at radius 3 is 2.31 bits per heavy atom. The van der Waals surface area contributed by atoms with Gasteiger partial charge in [0, 0.05) is 66.1 Å². The predicted octanol–water partition coefficient (Wildman–Crippen LogP) is 9.01. The van der Waals surface area contributed by atoms with Gasteiger partial charge in [-0.3, -0.25) is 23.4 Å². The van der Waals surface area contributed by atoms with Crippen molar-refractivity contribution in [1.82, 2.24) is 38.5 Å². The highest BCUT2D eigenvalue weighted by atomic mass is 31.2. The number of nitrogens with zero attached hydrogens (tertiary/aromatic N) is 7. The summed E-state index contributed by atoms with van der Waals surface area (Å²) in [6, 6.07) is 17.0. The number of imidazole rings is 1. The van der Waals surface area contributed by atoms with Crippen LogP contribution in [0, 0.1) is 25.6 Å². The zero-order chi connectivity index (χ0) is 48.2. The van der Waals surface area contributed by atoms with Gasteiger partial charge in [-0.2, -0.15) is 5.10 Å². The summed E-state index contributed by atoms with van der Waals surface area (Å²) in [5.74, 6) is -0.0869. The fourth-order valence-electron chi connectivity index (χ4n) is 11.4. The van der Waals surface area contributed by atoms with E-state index in [4.69, 9.17) is 14.4 Å². The number of carbonyl (C=O) groups excluding carboxylic acids is 1. The minimum Gasteiger partial charge on any atom is -0.376 e. The lowest BCUT2D eigenvalue weighted by molar-refractivity contribution is -0.0592. The van der Waals surface area contributed by atoms with Crippen LogP contribution in [0.3, 0.4) is 0 Å². The first-order valence-corrected chi connectivity index (χ1v) is 26.1. The Hall–Kier alpha value is -6.05. The average Bonchev–Trinajstić information content (AvgIpc) is 3.82. The number of benzene rings is 3. The molecule has 0 radical (unpaired) electrons. The lowest BCUT2D eigenvalue weighted by Crippen LogP contribution is -2.41. The largest absolute Gasteiger partial charge is 0.438 e. The molecular weight excluding hydrogens is 883 g/mol. The number of halogens is 1. The molecule has 16 heteroatoms.